The molecule has 136 valence electrons. The molecule has 8 heteroatoms. The Bertz CT molecular complexity index is 844. The maximum atomic E-state index is 12.2. The van der Waals surface area contributed by atoms with Crippen molar-refractivity contribution in [3.05, 3.63) is 44.6 Å². The van der Waals surface area contributed by atoms with Gasteiger partial charge in [-0.3, -0.25) is 14.4 Å². The van der Waals surface area contributed by atoms with E-state index in [2.05, 4.69) is 15.9 Å². The molecule has 3 rings (SSSR count). The molecule has 0 radical (unpaired) electrons. The smallest absolute Gasteiger partial charge is 0.306 e. The van der Waals surface area contributed by atoms with Crippen LogP contribution in [0.2, 0.25) is 0 Å². The third-order valence-electron chi connectivity index (χ3n) is 3.63. The first kappa shape index (κ1) is 18.6. The summed E-state index contributed by atoms with van der Waals surface area (Å²) in [5.41, 5.74) is 0.446. The van der Waals surface area contributed by atoms with Crippen LogP contribution in [-0.4, -0.2) is 37.4 Å². The molecule has 6 nitrogen and oxygen atoms in total. The standard InChI is InChI=1S/C18H15BrO6S/c19-17-5-4-16(26-17)13(21)10-25-18(22)6-2-12(20)11-1-3-14-15(9-11)24-8-7-23-14/h1,3-5,9H,2,6-8,10H2. The summed E-state index contributed by atoms with van der Waals surface area (Å²) in [6.45, 7) is 0.586. The summed E-state index contributed by atoms with van der Waals surface area (Å²) in [4.78, 5) is 36.4. The maximum absolute atomic E-state index is 12.2. The fourth-order valence-corrected chi connectivity index (χ4v) is 3.64. The fraction of sp³-hybridized carbons (Fsp3) is 0.278. The number of Topliss-reactive ketones (excluding diaryl/α,β-unsaturated/α-hetero) is 2. The Balaban J connectivity index is 1.46. The number of carbonyl (C=O) groups is 3. The van der Waals surface area contributed by atoms with Gasteiger partial charge in [-0.25, -0.2) is 0 Å². The number of carbonyl (C=O) groups excluding carboxylic acids is 3. The normalized spacial score (nSPS) is 12.5. The van der Waals surface area contributed by atoms with E-state index >= 15 is 0 Å². The van der Waals surface area contributed by atoms with Gasteiger partial charge in [0.15, 0.2) is 23.9 Å². The zero-order valence-electron chi connectivity index (χ0n) is 13.7. The SMILES string of the molecule is O=C(CCC(=O)c1ccc2c(c1)OCCO2)OCC(=O)c1ccc(Br)s1. The second-order valence-corrected chi connectivity index (χ2v) is 7.93. The Hall–Kier alpha value is -2.19. The van der Waals surface area contributed by atoms with E-state index in [4.69, 9.17) is 14.2 Å². The van der Waals surface area contributed by atoms with E-state index < -0.39 is 5.97 Å². The number of ketones is 2. The average molecular weight is 439 g/mol. The quantitative estimate of drug-likeness (QED) is 0.484. The van der Waals surface area contributed by atoms with Crippen LogP contribution in [0.3, 0.4) is 0 Å². The third kappa shape index (κ3) is 4.70. The van der Waals surface area contributed by atoms with Gasteiger partial charge in [0.2, 0.25) is 5.78 Å². The van der Waals surface area contributed by atoms with Gasteiger partial charge in [0.25, 0.3) is 0 Å². The molecular formula is C18H15BrO6S. The monoisotopic (exact) mass is 438 g/mol. The van der Waals surface area contributed by atoms with Crippen LogP contribution in [0.15, 0.2) is 34.1 Å². The summed E-state index contributed by atoms with van der Waals surface area (Å²) in [7, 11) is 0. The molecule has 1 aliphatic heterocycles. The summed E-state index contributed by atoms with van der Waals surface area (Å²) in [5.74, 6) is 0.0721. The van der Waals surface area contributed by atoms with Gasteiger partial charge in [0, 0.05) is 12.0 Å². The molecule has 0 aliphatic carbocycles. The molecule has 2 heterocycles. The topological polar surface area (TPSA) is 78.9 Å². The first-order valence-corrected chi connectivity index (χ1v) is 9.51. The van der Waals surface area contributed by atoms with Crippen molar-refractivity contribution in [3.63, 3.8) is 0 Å². The molecular weight excluding hydrogens is 424 g/mol. The third-order valence-corrected chi connectivity index (χ3v) is 5.30. The largest absolute Gasteiger partial charge is 0.486 e. The number of hydrogen-bond donors (Lipinski definition) is 0. The Morgan fingerprint density at radius 2 is 1.77 bits per heavy atom. The molecule has 0 saturated heterocycles. The van der Waals surface area contributed by atoms with Crippen LogP contribution in [0, 0.1) is 0 Å². The molecule has 1 aromatic heterocycles. The molecule has 0 unspecified atom stereocenters. The van der Waals surface area contributed by atoms with E-state index in [1.54, 1.807) is 30.3 Å². The van der Waals surface area contributed by atoms with Gasteiger partial charge >= 0.3 is 5.97 Å². The van der Waals surface area contributed by atoms with Crippen LogP contribution in [-0.2, 0) is 9.53 Å². The lowest BCUT2D eigenvalue weighted by Gasteiger charge is -2.18. The van der Waals surface area contributed by atoms with Crippen molar-refractivity contribution in [1.82, 2.24) is 0 Å². The first-order valence-electron chi connectivity index (χ1n) is 7.90. The number of esters is 1. The molecule has 0 N–H and O–H groups in total. The zero-order chi connectivity index (χ0) is 18.5. The lowest BCUT2D eigenvalue weighted by molar-refractivity contribution is -0.142. The lowest BCUT2D eigenvalue weighted by Crippen LogP contribution is -2.16. The highest BCUT2D eigenvalue weighted by atomic mass is 79.9. The predicted octanol–water partition coefficient (Wildman–Crippen LogP) is 3.67. The fourth-order valence-electron chi connectivity index (χ4n) is 2.33. The minimum Gasteiger partial charge on any atom is -0.486 e. The van der Waals surface area contributed by atoms with Gasteiger partial charge in [-0.05, 0) is 46.3 Å². The molecule has 0 spiro atoms. The number of fused-ring (bicyclic) bond motifs is 1. The van der Waals surface area contributed by atoms with E-state index in [0.717, 1.165) is 3.79 Å². The maximum Gasteiger partial charge on any atom is 0.306 e. The van der Waals surface area contributed by atoms with Gasteiger partial charge in [-0.15, -0.1) is 11.3 Å². The average Bonchev–Trinajstić information content (AvgIpc) is 3.10. The minimum absolute atomic E-state index is 0.00276. The molecule has 1 aromatic carbocycles. The van der Waals surface area contributed by atoms with E-state index in [-0.39, 0.29) is 31.0 Å². The van der Waals surface area contributed by atoms with Gasteiger partial charge in [0.1, 0.15) is 13.2 Å². The summed E-state index contributed by atoms with van der Waals surface area (Å²) in [6.07, 6.45) is -0.0914. The number of ether oxygens (including phenoxy) is 3. The summed E-state index contributed by atoms with van der Waals surface area (Å²) < 4.78 is 16.6. The second kappa shape index (κ2) is 8.46. The Morgan fingerprint density at radius 3 is 2.50 bits per heavy atom. The predicted molar refractivity (Wildman–Crippen MR) is 98.3 cm³/mol. The molecule has 0 atom stereocenters. The van der Waals surface area contributed by atoms with Crippen molar-refractivity contribution in [2.45, 2.75) is 12.8 Å². The van der Waals surface area contributed by atoms with Crippen molar-refractivity contribution in [2.75, 3.05) is 19.8 Å². The Labute approximate surface area is 162 Å². The second-order valence-electron chi connectivity index (χ2n) is 5.47. The number of halogens is 1. The van der Waals surface area contributed by atoms with Crippen molar-refractivity contribution >= 4 is 44.8 Å². The van der Waals surface area contributed by atoms with Crippen LogP contribution in [0.4, 0.5) is 0 Å². The van der Waals surface area contributed by atoms with E-state index in [0.29, 0.717) is 35.2 Å². The van der Waals surface area contributed by atoms with Crippen molar-refractivity contribution in [3.8, 4) is 11.5 Å². The van der Waals surface area contributed by atoms with Gasteiger partial charge in [0.05, 0.1) is 15.1 Å². The van der Waals surface area contributed by atoms with Crippen molar-refractivity contribution in [2.24, 2.45) is 0 Å². The van der Waals surface area contributed by atoms with Crippen molar-refractivity contribution < 1.29 is 28.6 Å². The van der Waals surface area contributed by atoms with Crippen LogP contribution in [0.25, 0.3) is 0 Å². The van der Waals surface area contributed by atoms with Gasteiger partial charge in [-0.1, -0.05) is 0 Å². The summed E-state index contributed by atoms with van der Waals surface area (Å²) in [5, 5.41) is 0. The van der Waals surface area contributed by atoms with E-state index in [1.807, 2.05) is 0 Å². The highest BCUT2D eigenvalue weighted by molar-refractivity contribution is 9.11. The molecule has 0 bridgehead atoms. The molecule has 0 saturated carbocycles. The summed E-state index contributed by atoms with van der Waals surface area (Å²) >= 11 is 4.54. The zero-order valence-corrected chi connectivity index (χ0v) is 16.1. The summed E-state index contributed by atoms with van der Waals surface area (Å²) in [6, 6.07) is 8.35. The first-order chi connectivity index (χ1) is 12.5. The van der Waals surface area contributed by atoms with Crippen LogP contribution >= 0.6 is 27.3 Å². The number of rotatable bonds is 7. The number of thiophene rings is 1. The van der Waals surface area contributed by atoms with Crippen LogP contribution < -0.4 is 9.47 Å². The Kier molecular flexibility index (Phi) is 6.05. The molecule has 1 aliphatic rings. The molecule has 26 heavy (non-hydrogen) atoms. The Morgan fingerprint density at radius 1 is 1.00 bits per heavy atom. The van der Waals surface area contributed by atoms with Crippen LogP contribution in [0.5, 0.6) is 11.5 Å². The number of hydrogen-bond acceptors (Lipinski definition) is 7. The van der Waals surface area contributed by atoms with Crippen molar-refractivity contribution in [1.29, 1.82) is 0 Å². The van der Waals surface area contributed by atoms with Crippen LogP contribution in [0.1, 0.15) is 32.9 Å². The molecule has 2 aromatic rings. The lowest BCUT2D eigenvalue weighted by atomic mass is 10.1. The highest BCUT2D eigenvalue weighted by Gasteiger charge is 2.17. The minimum atomic E-state index is -0.583. The number of benzene rings is 1. The molecule has 0 fully saturated rings. The van der Waals surface area contributed by atoms with E-state index in [1.165, 1.54) is 11.3 Å². The highest BCUT2D eigenvalue weighted by Crippen LogP contribution is 2.31. The van der Waals surface area contributed by atoms with E-state index in [9.17, 15) is 14.4 Å². The molecule has 0 amide bonds. The van der Waals surface area contributed by atoms with Gasteiger partial charge in [-0.2, -0.15) is 0 Å². The van der Waals surface area contributed by atoms with Gasteiger partial charge < -0.3 is 14.2 Å².